The second-order valence-corrected chi connectivity index (χ2v) is 6.70. The Labute approximate surface area is 172 Å². The number of halogens is 4. The third-order valence-electron chi connectivity index (χ3n) is 4.70. The van der Waals surface area contributed by atoms with Gasteiger partial charge in [-0.1, -0.05) is 18.2 Å². The maximum Gasteiger partial charge on any atom is 0.417 e. The molecule has 29 heavy (non-hydrogen) atoms. The van der Waals surface area contributed by atoms with Crippen LogP contribution in [-0.4, -0.2) is 18.4 Å². The number of hydrogen-bond donors (Lipinski definition) is 3. The van der Waals surface area contributed by atoms with Crippen molar-refractivity contribution >= 4 is 29.9 Å². The molecule has 3 rings (SSSR count). The Morgan fingerprint density at radius 2 is 1.86 bits per heavy atom. The van der Waals surface area contributed by atoms with E-state index in [1.54, 1.807) is 6.07 Å². The van der Waals surface area contributed by atoms with Crippen LogP contribution in [0.3, 0.4) is 0 Å². The van der Waals surface area contributed by atoms with Crippen molar-refractivity contribution < 1.29 is 22.8 Å². The Morgan fingerprint density at radius 3 is 2.59 bits per heavy atom. The molecule has 1 aliphatic rings. The van der Waals surface area contributed by atoms with E-state index in [0.29, 0.717) is 5.69 Å². The van der Waals surface area contributed by atoms with E-state index in [2.05, 4.69) is 10.6 Å². The molecule has 2 aromatic rings. The predicted octanol–water partition coefficient (Wildman–Crippen LogP) is 3.63. The van der Waals surface area contributed by atoms with Gasteiger partial charge in [0.15, 0.2) is 0 Å². The first-order valence-electron chi connectivity index (χ1n) is 8.88. The van der Waals surface area contributed by atoms with Gasteiger partial charge in [0.1, 0.15) is 0 Å². The maximum atomic E-state index is 13.0. The molecule has 0 bridgehead atoms. The number of benzene rings is 2. The van der Waals surface area contributed by atoms with Crippen LogP contribution in [0.15, 0.2) is 42.5 Å². The van der Waals surface area contributed by atoms with E-state index in [-0.39, 0.29) is 18.4 Å². The van der Waals surface area contributed by atoms with Crippen LogP contribution < -0.4 is 16.4 Å². The molecule has 0 saturated carbocycles. The van der Waals surface area contributed by atoms with Crippen molar-refractivity contribution in [3.8, 4) is 0 Å². The van der Waals surface area contributed by atoms with Gasteiger partial charge in [-0.25, -0.2) is 0 Å². The zero-order valence-corrected chi connectivity index (χ0v) is 16.2. The predicted molar refractivity (Wildman–Crippen MR) is 106 cm³/mol. The number of carbonyl (C=O) groups is 2. The van der Waals surface area contributed by atoms with Gasteiger partial charge in [-0.3, -0.25) is 9.59 Å². The van der Waals surface area contributed by atoms with Gasteiger partial charge in [-0.15, -0.1) is 12.4 Å². The normalized spacial score (nSPS) is 15.6. The lowest BCUT2D eigenvalue weighted by Gasteiger charge is -2.26. The highest BCUT2D eigenvalue weighted by atomic mass is 35.5. The molecule has 4 N–H and O–H groups in total. The monoisotopic (exact) mass is 427 g/mol. The number of carbonyl (C=O) groups excluding carboxylic acids is 2. The lowest BCUT2D eigenvalue weighted by Crippen LogP contribution is -2.40. The number of alkyl halides is 3. The van der Waals surface area contributed by atoms with Crippen LogP contribution in [-0.2, 0) is 17.4 Å². The topological polar surface area (TPSA) is 84.2 Å². The summed E-state index contributed by atoms with van der Waals surface area (Å²) in [5.41, 5.74) is 6.94. The van der Waals surface area contributed by atoms with Crippen LogP contribution in [0.1, 0.15) is 45.9 Å². The smallest absolute Gasteiger partial charge is 0.399 e. The van der Waals surface area contributed by atoms with E-state index in [1.807, 2.05) is 12.1 Å². The number of aryl methyl sites for hydroxylation is 1. The minimum Gasteiger partial charge on any atom is -0.399 e. The number of anilines is 1. The number of fused-ring (bicyclic) bond motifs is 1. The third-order valence-corrected chi connectivity index (χ3v) is 4.70. The van der Waals surface area contributed by atoms with Crippen molar-refractivity contribution in [1.82, 2.24) is 10.6 Å². The molecule has 0 aliphatic heterocycles. The molecule has 1 aliphatic carbocycles. The van der Waals surface area contributed by atoms with E-state index in [1.165, 1.54) is 12.1 Å². The molecule has 0 saturated heterocycles. The fraction of sp³-hybridized carbons (Fsp3) is 0.300. The van der Waals surface area contributed by atoms with Crippen LogP contribution >= 0.6 is 12.4 Å². The first-order valence-corrected chi connectivity index (χ1v) is 8.88. The summed E-state index contributed by atoms with van der Waals surface area (Å²) < 4.78 is 39.1. The second-order valence-electron chi connectivity index (χ2n) is 6.70. The number of nitrogen functional groups attached to an aromatic ring is 1. The van der Waals surface area contributed by atoms with Gasteiger partial charge in [-0.2, -0.15) is 13.2 Å². The summed E-state index contributed by atoms with van der Waals surface area (Å²) in [4.78, 5) is 24.4. The van der Waals surface area contributed by atoms with Gasteiger partial charge < -0.3 is 16.4 Å². The van der Waals surface area contributed by atoms with E-state index in [0.717, 1.165) is 42.5 Å². The fourth-order valence-electron chi connectivity index (χ4n) is 3.41. The summed E-state index contributed by atoms with van der Waals surface area (Å²) in [7, 11) is 0. The summed E-state index contributed by atoms with van der Waals surface area (Å²) >= 11 is 0. The number of rotatable bonds is 4. The van der Waals surface area contributed by atoms with Crippen molar-refractivity contribution in [2.24, 2.45) is 0 Å². The molecule has 0 heterocycles. The van der Waals surface area contributed by atoms with E-state index in [4.69, 9.17) is 5.73 Å². The summed E-state index contributed by atoms with van der Waals surface area (Å²) in [6.07, 6.45) is -2.15. The minimum absolute atomic E-state index is 0. The van der Waals surface area contributed by atoms with Crippen molar-refractivity contribution in [2.75, 3.05) is 12.3 Å². The molecule has 2 amide bonds. The standard InChI is InChI=1S/C20H20F3N3O2.ClH/c21-20(22,23)16-6-2-1-5-15(16)19(28)25-11-18(27)26-17-7-3-4-12-10-13(24)8-9-14(12)17;/h1-2,5-6,8-10,17H,3-4,7,11,24H2,(H,25,28)(H,26,27);1H. The molecule has 0 fully saturated rings. The Kier molecular flexibility index (Phi) is 7.13. The fourth-order valence-corrected chi connectivity index (χ4v) is 3.41. The summed E-state index contributed by atoms with van der Waals surface area (Å²) in [6.45, 7) is -0.411. The molecule has 9 heteroatoms. The van der Waals surface area contributed by atoms with Crippen molar-refractivity contribution in [1.29, 1.82) is 0 Å². The van der Waals surface area contributed by atoms with Crippen molar-refractivity contribution in [3.63, 3.8) is 0 Å². The van der Waals surface area contributed by atoms with E-state index in [9.17, 15) is 22.8 Å². The molecular weight excluding hydrogens is 407 g/mol. The third kappa shape index (κ3) is 5.41. The molecule has 156 valence electrons. The molecule has 0 aromatic heterocycles. The van der Waals surface area contributed by atoms with Crippen molar-refractivity contribution in [3.05, 3.63) is 64.7 Å². The second kappa shape index (κ2) is 9.17. The SMILES string of the molecule is Cl.Nc1ccc2c(c1)CCCC2NC(=O)CNC(=O)c1ccccc1C(F)(F)F. The maximum absolute atomic E-state index is 13.0. The van der Waals surface area contributed by atoms with Crippen LogP contribution in [0.4, 0.5) is 18.9 Å². The van der Waals surface area contributed by atoms with Gasteiger partial charge in [0.25, 0.3) is 5.91 Å². The largest absolute Gasteiger partial charge is 0.417 e. The molecular formula is C20H21ClF3N3O2. The average Bonchev–Trinajstić information content (AvgIpc) is 2.65. The van der Waals surface area contributed by atoms with Gasteiger partial charge >= 0.3 is 6.18 Å². The Bertz CT molecular complexity index is 903. The van der Waals surface area contributed by atoms with E-state index < -0.39 is 35.7 Å². The lowest BCUT2D eigenvalue weighted by molar-refractivity contribution is -0.137. The molecule has 2 aromatic carbocycles. The molecule has 1 atom stereocenters. The Balaban J connectivity index is 0.00000300. The minimum atomic E-state index is -4.65. The highest BCUT2D eigenvalue weighted by Gasteiger charge is 2.34. The molecule has 0 spiro atoms. The molecule has 1 unspecified atom stereocenters. The van der Waals surface area contributed by atoms with Crippen LogP contribution in [0.2, 0.25) is 0 Å². The summed E-state index contributed by atoms with van der Waals surface area (Å²) in [6, 6.07) is 9.76. The Hall–Kier alpha value is -2.74. The quantitative estimate of drug-likeness (QED) is 0.651. The van der Waals surface area contributed by atoms with Gasteiger partial charge in [0, 0.05) is 5.69 Å². The van der Waals surface area contributed by atoms with Crippen LogP contribution in [0.5, 0.6) is 0 Å². The number of nitrogens with one attached hydrogen (secondary N) is 2. The van der Waals surface area contributed by atoms with Gasteiger partial charge in [-0.05, 0) is 54.7 Å². The number of hydrogen-bond acceptors (Lipinski definition) is 3. The highest BCUT2D eigenvalue weighted by molar-refractivity contribution is 5.97. The Morgan fingerprint density at radius 1 is 1.14 bits per heavy atom. The summed E-state index contributed by atoms with van der Waals surface area (Å²) in [5, 5.41) is 5.09. The van der Waals surface area contributed by atoms with Crippen LogP contribution in [0, 0.1) is 0 Å². The van der Waals surface area contributed by atoms with Gasteiger partial charge in [0.05, 0.1) is 23.7 Å². The van der Waals surface area contributed by atoms with E-state index >= 15 is 0 Å². The molecule has 0 radical (unpaired) electrons. The number of amides is 2. The zero-order chi connectivity index (χ0) is 20.3. The summed E-state index contributed by atoms with van der Waals surface area (Å²) in [5.74, 6) is -1.41. The highest BCUT2D eigenvalue weighted by Crippen LogP contribution is 2.32. The molecule has 5 nitrogen and oxygen atoms in total. The first-order chi connectivity index (χ1) is 13.3. The zero-order valence-electron chi connectivity index (χ0n) is 15.4. The average molecular weight is 428 g/mol. The van der Waals surface area contributed by atoms with Crippen molar-refractivity contribution in [2.45, 2.75) is 31.5 Å². The lowest BCUT2D eigenvalue weighted by atomic mass is 9.87. The number of nitrogens with two attached hydrogens (primary N) is 1. The van der Waals surface area contributed by atoms with Gasteiger partial charge in [0.2, 0.25) is 5.91 Å². The first kappa shape index (κ1) is 22.5. The van der Waals surface area contributed by atoms with Crippen LogP contribution in [0.25, 0.3) is 0 Å².